The van der Waals surface area contributed by atoms with E-state index in [9.17, 15) is 39.3 Å². The highest BCUT2D eigenvalue weighted by atomic mass is 32.2. The van der Waals surface area contributed by atoms with E-state index in [4.69, 9.17) is 0 Å². The summed E-state index contributed by atoms with van der Waals surface area (Å²) < 4.78 is 0. The van der Waals surface area contributed by atoms with Gasteiger partial charge in [-0.1, -0.05) is 38.1 Å². The molecule has 0 heterocycles. The SMILES string of the molecule is CSCC[C@H](NC=O)C(=O)N[C@@H](CC(C)C)C(=O)N[C@@H](Cc1ccc(O)cc1)C(=O)NC(Cc1ccc(O)cc1)C(=O)O. The minimum Gasteiger partial charge on any atom is -0.508 e. The fourth-order valence-corrected chi connectivity index (χ4v) is 4.74. The van der Waals surface area contributed by atoms with Crippen molar-refractivity contribution < 1.29 is 39.3 Å². The summed E-state index contributed by atoms with van der Waals surface area (Å²) in [5.74, 6) is -2.65. The lowest BCUT2D eigenvalue weighted by Crippen LogP contribution is -2.58. The van der Waals surface area contributed by atoms with Crippen molar-refractivity contribution in [2.75, 3.05) is 12.0 Å². The topological polar surface area (TPSA) is 194 Å². The molecule has 43 heavy (non-hydrogen) atoms. The number of phenols is 2. The lowest BCUT2D eigenvalue weighted by molar-refractivity contribution is -0.142. The molecule has 0 aliphatic heterocycles. The summed E-state index contributed by atoms with van der Waals surface area (Å²) in [6.45, 7) is 3.73. The summed E-state index contributed by atoms with van der Waals surface area (Å²) in [4.78, 5) is 63.1. The number of thioether (sulfide) groups is 1. The van der Waals surface area contributed by atoms with Gasteiger partial charge in [-0.15, -0.1) is 0 Å². The third kappa shape index (κ3) is 12.2. The summed E-state index contributed by atoms with van der Waals surface area (Å²) in [7, 11) is 0. The first-order valence-corrected chi connectivity index (χ1v) is 15.2. The van der Waals surface area contributed by atoms with Crippen LogP contribution in [0.5, 0.6) is 11.5 Å². The number of rotatable bonds is 18. The Balaban J connectivity index is 2.29. The molecule has 0 bridgehead atoms. The summed E-state index contributed by atoms with van der Waals surface area (Å²) in [5, 5.41) is 39.3. The predicted octanol–water partition coefficient (Wildman–Crippen LogP) is 1.34. The average Bonchev–Trinajstić information content (AvgIpc) is 2.95. The first-order chi connectivity index (χ1) is 20.4. The molecule has 1 unspecified atom stereocenters. The molecule has 0 saturated carbocycles. The molecular weight excluding hydrogens is 576 g/mol. The Morgan fingerprint density at radius 1 is 0.744 bits per heavy atom. The monoisotopic (exact) mass is 616 g/mol. The number of benzene rings is 2. The summed E-state index contributed by atoms with van der Waals surface area (Å²) in [5.41, 5.74) is 1.14. The zero-order chi connectivity index (χ0) is 31.9. The molecule has 4 atom stereocenters. The molecule has 12 nitrogen and oxygen atoms in total. The number of carboxylic acids is 1. The van der Waals surface area contributed by atoms with Crippen molar-refractivity contribution in [2.45, 2.75) is 63.7 Å². The first-order valence-electron chi connectivity index (χ1n) is 13.8. The van der Waals surface area contributed by atoms with Gasteiger partial charge in [-0.2, -0.15) is 11.8 Å². The van der Waals surface area contributed by atoms with Crippen LogP contribution in [0.25, 0.3) is 0 Å². The Morgan fingerprint density at radius 2 is 1.19 bits per heavy atom. The van der Waals surface area contributed by atoms with Gasteiger partial charge in [0.05, 0.1) is 0 Å². The number of aromatic hydroxyl groups is 2. The molecule has 2 aromatic rings. The number of phenolic OH excluding ortho intramolecular Hbond substituents is 2. The number of carbonyl (C=O) groups excluding carboxylic acids is 4. The van der Waals surface area contributed by atoms with E-state index in [0.29, 0.717) is 29.7 Å². The number of hydrogen-bond donors (Lipinski definition) is 7. The Morgan fingerprint density at radius 3 is 1.65 bits per heavy atom. The minimum atomic E-state index is -1.34. The van der Waals surface area contributed by atoms with Crippen molar-refractivity contribution in [2.24, 2.45) is 5.92 Å². The molecule has 4 amide bonds. The maximum atomic E-state index is 13.5. The molecule has 234 valence electrons. The quantitative estimate of drug-likeness (QED) is 0.121. The maximum absolute atomic E-state index is 13.5. The van der Waals surface area contributed by atoms with Gasteiger partial charge in [-0.05, 0) is 66.2 Å². The van der Waals surface area contributed by atoms with Crippen LogP contribution in [0.3, 0.4) is 0 Å². The van der Waals surface area contributed by atoms with Crippen molar-refractivity contribution in [1.82, 2.24) is 21.3 Å². The third-order valence-electron chi connectivity index (χ3n) is 6.54. The molecule has 2 aromatic carbocycles. The van der Waals surface area contributed by atoms with Crippen LogP contribution in [0.1, 0.15) is 37.8 Å². The number of nitrogens with one attached hydrogen (secondary N) is 4. The van der Waals surface area contributed by atoms with Gasteiger partial charge in [-0.25, -0.2) is 4.79 Å². The van der Waals surface area contributed by atoms with E-state index < -0.39 is 47.9 Å². The van der Waals surface area contributed by atoms with E-state index in [-0.39, 0.29) is 36.7 Å². The van der Waals surface area contributed by atoms with Crippen molar-refractivity contribution in [3.63, 3.8) is 0 Å². The van der Waals surface area contributed by atoms with E-state index in [1.807, 2.05) is 20.1 Å². The Bertz CT molecular complexity index is 1220. The minimum absolute atomic E-state index is 0.00768. The van der Waals surface area contributed by atoms with Gasteiger partial charge in [0.25, 0.3) is 0 Å². The third-order valence-corrected chi connectivity index (χ3v) is 7.18. The second-order valence-electron chi connectivity index (χ2n) is 10.5. The van der Waals surface area contributed by atoms with Crippen LogP contribution in [-0.2, 0) is 36.8 Å². The van der Waals surface area contributed by atoms with Gasteiger partial charge in [0.1, 0.15) is 35.7 Å². The second-order valence-corrected chi connectivity index (χ2v) is 11.5. The number of amides is 4. The highest BCUT2D eigenvalue weighted by molar-refractivity contribution is 7.98. The normalized spacial score (nSPS) is 13.7. The lowest BCUT2D eigenvalue weighted by Gasteiger charge is -2.26. The van der Waals surface area contributed by atoms with Crippen LogP contribution in [0.2, 0.25) is 0 Å². The fraction of sp³-hybridized carbons (Fsp3) is 0.433. The van der Waals surface area contributed by atoms with Crippen molar-refractivity contribution in [3.05, 3.63) is 59.7 Å². The Kier molecular flexibility index (Phi) is 14.3. The number of aliphatic carboxylic acids is 1. The molecule has 2 rings (SSSR count). The van der Waals surface area contributed by atoms with Crippen LogP contribution in [0.15, 0.2) is 48.5 Å². The number of hydrogen-bond acceptors (Lipinski definition) is 8. The standard InChI is InChI=1S/C30H40N4O8S/c1-18(2)14-24(32-27(38)23(31-17-35)12-13-43-3)28(39)33-25(15-19-4-8-21(36)9-5-19)29(40)34-26(30(41)42)16-20-6-10-22(37)11-7-20/h4-11,17-18,23-26,36-37H,12-16H2,1-3H3,(H,31,35)(H,32,38)(H,33,39)(H,34,40)(H,41,42)/t23-,24-,25-,26?/m0/s1. The highest BCUT2D eigenvalue weighted by Crippen LogP contribution is 2.14. The van der Waals surface area contributed by atoms with Crippen molar-refractivity contribution in [1.29, 1.82) is 0 Å². The summed E-state index contributed by atoms with van der Waals surface area (Å²) >= 11 is 1.50. The van der Waals surface area contributed by atoms with E-state index in [1.54, 1.807) is 12.1 Å². The smallest absolute Gasteiger partial charge is 0.326 e. The molecule has 0 spiro atoms. The average molecular weight is 617 g/mol. The van der Waals surface area contributed by atoms with Gasteiger partial charge in [-0.3, -0.25) is 19.2 Å². The van der Waals surface area contributed by atoms with Crippen LogP contribution in [0.4, 0.5) is 0 Å². The second kappa shape index (κ2) is 17.6. The molecular formula is C30H40N4O8S. The fourth-order valence-electron chi connectivity index (χ4n) is 4.27. The lowest BCUT2D eigenvalue weighted by atomic mass is 10.00. The molecule has 0 aromatic heterocycles. The first kappa shape index (κ1) is 34.9. The van der Waals surface area contributed by atoms with E-state index in [1.165, 1.54) is 48.2 Å². The van der Waals surface area contributed by atoms with E-state index >= 15 is 0 Å². The Labute approximate surface area is 255 Å². The van der Waals surface area contributed by atoms with Crippen LogP contribution >= 0.6 is 11.8 Å². The Hall–Kier alpha value is -4.26. The molecule has 0 saturated heterocycles. The zero-order valence-electron chi connectivity index (χ0n) is 24.4. The van der Waals surface area contributed by atoms with Crippen LogP contribution in [-0.4, -0.2) is 81.6 Å². The maximum Gasteiger partial charge on any atom is 0.326 e. The summed E-state index contributed by atoms with van der Waals surface area (Å²) in [6, 6.07) is 7.42. The predicted molar refractivity (Wildman–Crippen MR) is 162 cm³/mol. The molecule has 0 aliphatic carbocycles. The summed E-state index contributed by atoms with van der Waals surface area (Å²) in [6.07, 6.45) is 2.77. The molecule has 7 N–H and O–H groups in total. The molecule has 0 radical (unpaired) electrons. The largest absolute Gasteiger partial charge is 0.508 e. The number of carboxylic acid groups (broad SMARTS) is 1. The van der Waals surface area contributed by atoms with E-state index in [0.717, 1.165) is 0 Å². The van der Waals surface area contributed by atoms with Crippen LogP contribution < -0.4 is 21.3 Å². The molecule has 13 heteroatoms. The van der Waals surface area contributed by atoms with Crippen molar-refractivity contribution >= 4 is 41.9 Å². The van der Waals surface area contributed by atoms with Gasteiger partial charge >= 0.3 is 5.97 Å². The van der Waals surface area contributed by atoms with E-state index in [2.05, 4.69) is 21.3 Å². The van der Waals surface area contributed by atoms with Gasteiger partial charge in [0.15, 0.2) is 0 Å². The zero-order valence-corrected chi connectivity index (χ0v) is 25.2. The van der Waals surface area contributed by atoms with Gasteiger partial charge < -0.3 is 36.6 Å². The van der Waals surface area contributed by atoms with Gasteiger partial charge in [0, 0.05) is 12.8 Å². The highest BCUT2D eigenvalue weighted by Gasteiger charge is 2.31. The number of carbonyl (C=O) groups is 5. The van der Waals surface area contributed by atoms with Crippen molar-refractivity contribution in [3.8, 4) is 11.5 Å². The molecule has 0 fully saturated rings. The van der Waals surface area contributed by atoms with Crippen LogP contribution in [0, 0.1) is 5.92 Å². The van der Waals surface area contributed by atoms with Gasteiger partial charge in [0.2, 0.25) is 24.1 Å². The molecule has 0 aliphatic rings.